The van der Waals surface area contributed by atoms with Crippen LogP contribution < -0.4 is 4.74 Å². The van der Waals surface area contributed by atoms with Crippen molar-refractivity contribution in [2.24, 2.45) is 5.11 Å². The first-order chi connectivity index (χ1) is 7.33. The van der Waals surface area contributed by atoms with Crippen LogP contribution in [-0.4, -0.2) is 13.2 Å². The standard InChI is InChI=1S/C11H13N3O/c1-15-11-5-3-8-2-4-10(13-14-12)6-9(8)7-11/h3,5,7,10H,2,4,6H2,1H3. The molecule has 1 aliphatic rings. The maximum Gasteiger partial charge on any atom is 0.119 e. The normalized spacial score (nSPS) is 18.9. The molecule has 2 rings (SSSR count). The molecule has 1 aromatic carbocycles. The van der Waals surface area contributed by atoms with E-state index >= 15 is 0 Å². The summed E-state index contributed by atoms with van der Waals surface area (Å²) in [5.74, 6) is 0.871. The van der Waals surface area contributed by atoms with Crippen LogP contribution in [0.5, 0.6) is 5.75 Å². The van der Waals surface area contributed by atoms with Crippen LogP contribution in [0.4, 0.5) is 0 Å². The van der Waals surface area contributed by atoms with E-state index in [0.29, 0.717) is 0 Å². The molecule has 0 heterocycles. The second-order valence-electron chi connectivity index (χ2n) is 3.74. The number of ether oxygens (including phenoxy) is 1. The van der Waals surface area contributed by atoms with Crippen molar-refractivity contribution in [3.8, 4) is 5.75 Å². The van der Waals surface area contributed by atoms with Gasteiger partial charge in [-0.1, -0.05) is 11.2 Å². The van der Waals surface area contributed by atoms with Crippen LogP contribution in [0.3, 0.4) is 0 Å². The summed E-state index contributed by atoms with van der Waals surface area (Å²) in [7, 11) is 1.66. The molecule has 1 aromatic rings. The quantitative estimate of drug-likeness (QED) is 0.414. The van der Waals surface area contributed by atoms with Gasteiger partial charge in [-0.3, -0.25) is 0 Å². The Balaban J connectivity index is 2.26. The van der Waals surface area contributed by atoms with Crippen LogP contribution in [-0.2, 0) is 12.8 Å². The van der Waals surface area contributed by atoms with Gasteiger partial charge < -0.3 is 4.74 Å². The number of azide groups is 1. The van der Waals surface area contributed by atoms with E-state index in [1.165, 1.54) is 11.1 Å². The molecule has 1 unspecified atom stereocenters. The zero-order valence-corrected chi connectivity index (χ0v) is 8.68. The average molecular weight is 203 g/mol. The molecule has 4 heteroatoms. The Morgan fingerprint density at radius 1 is 1.47 bits per heavy atom. The molecule has 0 aliphatic heterocycles. The van der Waals surface area contributed by atoms with Crippen molar-refractivity contribution in [1.29, 1.82) is 0 Å². The van der Waals surface area contributed by atoms with E-state index < -0.39 is 0 Å². The Labute approximate surface area is 88.5 Å². The fourth-order valence-corrected chi connectivity index (χ4v) is 2.01. The van der Waals surface area contributed by atoms with Gasteiger partial charge >= 0.3 is 0 Å². The van der Waals surface area contributed by atoms with Crippen molar-refractivity contribution in [1.82, 2.24) is 0 Å². The van der Waals surface area contributed by atoms with Gasteiger partial charge in [0.05, 0.1) is 7.11 Å². The predicted octanol–water partition coefficient (Wildman–Crippen LogP) is 2.86. The van der Waals surface area contributed by atoms with Crippen LogP contribution >= 0.6 is 0 Å². The van der Waals surface area contributed by atoms with E-state index in [-0.39, 0.29) is 6.04 Å². The highest BCUT2D eigenvalue weighted by Crippen LogP contribution is 2.26. The van der Waals surface area contributed by atoms with Crippen LogP contribution in [0.1, 0.15) is 17.5 Å². The summed E-state index contributed by atoms with van der Waals surface area (Å²) in [5.41, 5.74) is 11.0. The number of methoxy groups -OCH3 is 1. The fourth-order valence-electron chi connectivity index (χ4n) is 2.01. The lowest BCUT2D eigenvalue weighted by molar-refractivity contribution is 0.413. The molecule has 4 nitrogen and oxygen atoms in total. The van der Waals surface area contributed by atoms with Crippen molar-refractivity contribution >= 4 is 0 Å². The van der Waals surface area contributed by atoms with Crippen LogP contribution in [0.25, 0.3) is 10.4 Å². The van der Waals surface area contributed by atoms with E-state index in [4.69, 9.17) is 10.3 Å². The smallest absolute Gasteiger partial charge is 0.119 e. The molecule has 1 aliphatic carbocycles. The fraction of sp³-hybridized carbons (Fsp3) is 0.455. The van der Waals surface area contributed by atoms with E-state index in [1.807, 2.05) is 12.1 Å². The lowest BCUT2D eigenvalue weighted by atomic mass is 9.88. The summed E-state index contributed by atoms with van der Waals surface area (Å²) in [4.78, 5) is 2.87. The number of hydrogen-bond donors (Lipinski definition) is 0. The van der Waals surface area contributed by atoms with Crippen LogP contribution in [0, 0.1) is 0 Å². The molecule has 15 heavy (non-hydrogen) atoms. The van der Waals surface area contributed by atoms with Gasteiger partial charge in [-0.05, 0) is 48.1 Å². The molecule has 1 atom stereocenters. The maximum atomic E-state index is 8.40. The largest absolute Gasteiger partial charge is 0.497 e. The first-order valence-corrected chi connectivity index (χ1v) is 5.03. The first-order valence-electron chi connectivity index (χ1n) is 5.03. The Morgan fingerprint density at radius 3 is 3.07 bits per heavy atom. The molecular formula is C11H13N3O. The predicted molar refractivity (Wildman–Crippen MR) is 58.0 cm³/mol. The monoisotopic (exact) mass is 203 g/mol. The number of fused-ring (bicyclic) bond motifs is 1. The first kappa shape index (κ1) is 9.87. The van der Waals surface area contributed by atoms with Crippen molar-refractivity contribution in [3.63, 3.8) is 0 Å². The Hall–Kier alpha value is -1.67. The summed E-state index contributed by atoms with van der Waals surface area (Å²) in [5, 5.41) is 3.78. The van der Waals surface area contributed by atoms with E-state index in [1.54, 1.807) is 7.11 Å². The number of benzene rings is 1. The number of aryl methyl sites for hydroxylation is 1. The van der Waals surface area contributed by atoms with Gasteiger partial charge in [0.1, 0.15) is 5.75 Å². The molecule has 0 saturated heterocycles. The minimum atomic E-state index is 0.106. The lowest BCUT2D eigenvalue weighted by Crippen LogP contribution is -2.16. The number of nitrogens with zero attached hydrogens (tertiary/aromatic N) is 3. The molecular weight excluding hydrogens is 190 g/mol. The van der Waals surface area contributed by atoms with E-state index in [9.17, 15) is 0 Å². The molecule has 0 fully saturated rings. The minimum absolute atomic E-state index is 0.106. The third-order valence-electron chi connectivity index (χ3n) is 2.83. The van der Waals surface area contributed by atoms with Crippen molar-refractivity contribution in [2.75, 3.05) is 7.11 Å². The van der Waals surface area contributed by atoms with Gasteiger partial charge in [0.25, 0.3) is 0 Å². The molecule has 0 radical (unpaired) electrons. The molecule has 0 saturated carbocycles. The van der Waals surface area contributed by atoms with Gasteiger partial charge in [0.15, 0.2) is 0 Å². The number of hydrogen-bond acceptors (Lipinski definition) is 2. The van der Waals surface area contributed by atoms with Crippen molar-refractivity contribution in [3.05, 3.63) is 39.8 Å². The zero-order valence-electron chi connectivity index (χ0n) is 8.68. The van der Waals surface area contributed by atoms with Crippen molar-refractivity contribution < 1.29 is 4.74 Å². The van der Waals surface area contributed by atoms with Crippen LogP contribution in [0.15, 0.2) is 23.3 Å². The van der Waals surface area contributed by atoms with Gasteiger partial charge in [-0.2, -0.15) is 0 Å². The Bertz CT molecular complexity index is 410. The second kappa shape index (κ2) is 4.24. The summed E-state index contributed by atoms with van der Waals surface area (Å²) in [6, 6.07) is 6.22. The summed E-state index contributed by atoms with van der Waals surface area (Å²) in [6.45, 7) is 0. The van der Waals surface area contributed by atoms with Crippen molar-refractivity contribution in [2.45, 2.75) is 25.3 Å². The maximum absolute atomic E-state index is 8.40. The SMILES string of the molecule is COc1ccc2c(c1)CC(N=[N+]=[N-])CC2. The molecule has 0 aromatic heterocycles. The third kappa shape index (κ3) is 2.05. The van der Waals surface area contributed by atoms with Gasteiger partial charge in [-0.15, -0.1) is 0 Å². The van der Waals surface area contributed by atoms with Gasteiger partial charge in [0, 0.05) is 11.0 Å². The molecule has 0 amide bonds. The summed E-state index contributed by atoms with van der Waals surface area (Å²) < 4.78 is 5.17. The minimum Gasteiger partial charge on any atom is -0.497 e. The average Bonchev–Trinajstić information content (AvgIpc) is 2.28. The summed E-state index contributed by atoms with van der Waals surface area (Å²) >= 11 is 0. The van der Waals surface area contributed by atoms with E-state index in [2.05, 4.69) is 16.1 Å². The highest BCUT2D eigenvalue weighted by Gasteiger charge is 2.17. The molecule has 0 spiro atoms. The third-order valence-corrected chi connectivity index (χ3v) is 2.83. The molecule has 78 valence electrons. The highest BCUT2D eigenvalue weighted by molar-refractivity contribution is 5.37. The zero-order chi connectivity index (χ0) is 10.7. The molecule has 0 N–H and O–H groups in total. The molecule has 0 bridgehead atoms. The highest BCUT2D eigenvalue weighted by atomic mass is 16.5. The lowest BCUT2D eigenvalue weighted by Gasteiger charge is -2.21. The van der Waals surface area contributed by atoms with Crippen LogP contribution in [0.2, 0.25) is 0 Å². The van der Waals surface area contributed by atoms with Gasteiger partial charge in [0.2, 0.25) is 0 Å². The number of rotatable bonds is 2. The Morgan fingerprint density at radius 2 is 2.33 bits per heavy atom. The van der Waals surface area contributed by atoms with Gasteiger partial charge in [-0.25, -0.2) is 0 Å². The Kier molecular flexibility index (Phi) is 2.79. The van der Waals surface area contributed by atoms with E-state index in [0.717, 1.165) is 25.0 Å². The summed E-state index contributed by atoms with van der Waals surface area (Å²) in [6.07, 6.45) is 2.77. The topological polar surface area (TPSA) is 58.0 Å². The second-order valence-corrected chi connectivity index (χ2v) is 3.74.